The number of aryl methyl sites for hydroxylation is 1. The number of hydrazine groups is 1. The van der Waals surface area contributed by atoms with Crippen LogP contribution < -0.4 is 13.9 Å². The summed E-state index contributed by atoms with van der Waals surface area (Å²) in [6.45, 7) is 2.43. The van der Waals surface area contributed by atoms with Crippen LogP contribution in [0.5, 0.6) is 11.5 Å². The summed E-state index contributed by atoms with van der Waals surface area (Å²) in [7, 11) is -4.07. The first-order chi connectivity index (χ1) is 16.4. The zero-order chi connectivity index (χ0) is 23.4. The summed E-state index contributed by atoms with van der Waals surface area (Å²) in [5.74, 6) is 0.998. The van der Waals surface area contributed by atoms with Gasteiger partial charge in [-0.2, -0.15) is 12.8 Å². The first kappa shape index (κ1) is 20.5. The largest absolute Gasteiger partial charge is 0.488 e. The molecule has 0 spiro atoms. The number of fused-ring (bicyclic) bond motifs is 2. The Kier molecular flexibility index (Phi) is 4.52. The molecule has 0 aliphatic carbocycles. The summed E-state index contributed by atoms with van der Waals surface area (Å²) in [5.41, 5.74) is 2.55. The first-order valence-corrected chi connectivity index (χ1v) is 11.8. The molecule has 1 aromatic heterocycles. The number of anilines is 1. The lowest BCUT2D eigenvalue weighted by molar-refractivity contribution is 0.172. The quantitative estimate of drug-likeness (QED) is 0.565. The molecule has 10 nitrogen and oxygen atoms in total. The van der Waals surface area contributed by atoms with Crippen LogP contribution in [0.4, 0.5) is 10.1 Å². The molecule has 0 bridgehead atoms. The Hall–Kier alpha value is -4.06. The van der Waals surface area contributed by atoms with Gasteiger partial charge in [0.05, 0.1) is 29.9 Å². The summed E-state index contributed by atoms with van der Waals surface area (Å²) in [6, 6.07) is 8.86. The van der Waals surface area contributed by atoms with E-state index in [1.54, 1.807) is 12.4 Å². The van der Waals surface area contributed by atoms with Crippen LogP contribution >= 0.6 is 0 Å². The minimum atomic E-state index is -4.07. The normalized spacial score (nSPS) is 19.2. The Balaban J connectivity index is 1.39. The van der Waals surface area contributed by atoms with Crippen molar-refractivity contribution in [1.29, 1.82) is 0 Å². The van der Waals surface area contributed by atoms with Crippen molar-refractivity contribution in [3.8, 4) is 17.2 Å². The number of hydrogen-bond donors (Lipinski definition) is 0. The maximum atomic E-state index is 13.4. The number of aromatic nitrogens is 2. The van der Waals surface area contributed by atoms with Gasteiger partial charge in [0.15, 0.2) is 17.3 Å². The van der Waals surface area contributed by atoms with E-state index in [1.165, 1.54) is 29.3 Å². The molecule has 12 heteroatoms. The lowest BCUT2D eigenvalue weighted by Crippen LogP contribution is -2.48. The number of hydrogen-bond acceptors (Lipinski definition) is 7. The SMILES string of the molecule is Cc1cn(-c2ccc(C=C3OCCN4C3=NS(=O)(=O)N4c3ccc(F)cc3)c3c2OCO3)cn1. The second kappa shape index (κ2) is 7.48. The zero-order valence-electron chi connectivity index (χ0n) is 17.9. The molecule has 3 aromatic rings. The Morgan fingerprint density at radius 3 is 2.62 bits per heavy atom. The molecule has 6 rings (SSSR count). The molecular formula is C22H18FN5O5S. The zero-order valence-corrected chi connectivity index (χ0v) is 18.7. The molecule has 3 aliphatic heterocycles. The third-order valence-corrected chi connectivity index (χ3v) is 6.77. The van der Waals surface area contributed by atoms with Crippen LogP contribution in [0, 0.1) is 12.7 Å². The van der Waals surface area contributed by atoms with Gasteiger partial charge < -0.3 is 18.8 Å². The third kappa shape index (κ3) is 3.25. The van der Waals surface area contributed by atoms with Crippen LogP contribution in [0.2, 0.25) is 0 Å². The smallest absolute Gasteiger partial charge is 0.364 e. The van der Waals surface area contributed by atoms with Crippen LogP contribution in [0.15, 0.2) is 59.1 Å². The molecule has 0 amide bonds. The second-order valence-electron chi connectivity index (χ2n) is 7.75. The highest BCUT2D eigenvalue weighted by molar-refractivity contribution is 7.92. The van der Waals surface area contributed by atoms with Crippen molar-refractivity contribution in [3.05, 3.63) is 71.8 Å². The Labute approximate surface area is 194 Å². The van der Waals surface area contributed by atoms with Crippen molar-refractivity contribution in [1.82, 2.24) is 14.6 Å². The minimum absolute atomic E-state index is 0.0524. The molecule has 0 saturated carbocycles. The van der Waals surface area contributed by atoms with Gasteiger partial charge in [-0.15, -0.1) is 4.40 Å². The number of benzene rings is 2. The predicted octanol–water partition coefficient (Wildman–Crippen LogP) is 2.80. The van der Waals surface area contributed by atoms with Gasteiger partial charge in [0.1, 0.15) is 12.4 Å². The fourth-order valence-corrected chi connectivity index (χ4v) is 5.32. The molecule has 0 radical (unpaired) electrons. The summed E-state index contributed by atoms with van der Waals surface area (Å²) < 4.78 is 63.2. The highest BCUT2D eigenvalue weighted by Gasteiger charge is 2.42. The van der Waals surface area contributed by atoms with E-state index >= 15 is 0 Å². The monoisotopic (exact) mass is 483 g/mol. The van der Waals surface area contributed by atoms with E-state index in [4.69, 9.17) is 14.2 Å². The number of morpholine rings is 1. The molecule has 0 atom stereocenters. The van der Waals surface area contributed by atoms with Gasteiger partial charge in [-0.25, -0.2) is 14.4 Å². The molecule has 2 aromatic carbocycles. The molecule has 174 valence electrons. The number of halogens is 1. The number of nitrogens with zero attached hydrogens (tertiary/aromatic N) is 5. The van der Waals surface area contributed by atoms with Crippen molar-refractivity contribution < 1.29 is 27.0 Å². The van der Waals surface area contributed by atoms with Crippen molar-refractivity contribution >= 4 is 27.8 Å². The van der Waals surface area contributed by atoms with Gasteiger partial charge in [0, 0.05) is 11.8 Å². The van der Waals surface area contributed by atoms with Gasteiger partial charge in [-0.05, 0) is 49.4 Å². The predicted molar refractivity (Wildman–Crippen MR) is 120 cm³/mol. The molecular weight excluding hydrogens is 465 g/mol. The van der Waals surface area contributed by atoms with Crippen LogP contribution in [0.25, 0.3) is 11.8 Å². The van der Waals surface area contributed by atoms with Gasteiger partial charge >= 0.3 is 10.2 Å². The van der Waals surface area contributed by atoms with E-state index in [0.717, 1.165) is 15.8 Å². The third-order valence-electron chi connectivity index (χ3n) is 5.52. The summed E-state index contributed by atoms with van der Waals surface area (Å²) >= 11 is 0. The van der Waals surface area contributed by atoms with Crippen LogP contribution in [-0.2, 0) is 14.9 Å². The standard InChI is InChI=1S/C22H18FN5O5S/c1-14-11-26(12-24-14)18-7-2-15(20-21(18)33-13-32-20)10-19-22-25-34(29,30)28(27(22)8-9-31-19)17-5-3-16(23)4-6-17/h2-7,10-12H,8-9,13H2,1H3. The van der Waals surface area contributed by atoms with Gasteiger partial charge in [-0.1, -0.05) is 0 Å². The van der Waals surface area contributed by atoms with Crippen molar-refractivity contribution in [3.63, 3.8) is 0 Å². The maximum absolute atomic E-state index is 13.4. The fourth-order valence-electron chi connectivity index (χ4n) is 4.04. The van der Waals surface area contributed by atoms with Crippen molar-refractivity contribution in [2.45, 2.75) is 6.92 Å². The van der Waals surface area contributed by atoms with Gasteiger partial charge in [-0.3, -0.25) is 0 Å². The lowest BCUT2D eigenvalue weighted by Gasteiger charge is -2.33. The summed E-state index contributed by atoms with van der Waals surface area (Å²) in [4.78, 5) is 4.25. The molecule has 0 N–H and O–H groups in total. The van der Waals surface area contributed by atoms with E-state index in [1.807, 2.05) is 29.8 Å². The lowest BCUT2D eigenvalue weighted by atomic mass is 10.1. The van der Waals surface area contributed by atoms with E-state index in [0.29, 0.717) is 17.1 Å². The first-order valence-electron chi connectivity index (χ1n) is 10.4. The molecule has 1 fully saturated rings. The van der Waals surface area contributed by atoms with E-state index in [-0.39, 0.29) is 37.2 Å². The van der Waals surface area contributed by atoms with E-state index in [9.17, 15) is 12.8 Å². The summed E-state index contributed by atoms with van der Waals surface area (Å²) in [6.07, 6.45) is 5.24. The topological polar surface area (TPSA) is 98.5 Å². The van der Waals surface area contributed by atoms with Crippen LogP contribution in [-0.4, -0.2) is 48.8 Å². The fraction of sp³-hybridized carbons (Fsp3) is 0.182. The highest BCUT2D eigenvalue weighted by Crippen LogP contribution is 2.42. The van der Waals surface area contributed by atoms with E-state index < -0.39 is 16.0 Å². The molecule has 34 heavy (non-hydrogen) atoms. The second-order valence-corrected chi connectivity index (χ2v) is 9.18. The number of imidazole rings is 1. The van der Waals surface area contributed by atoms with Crippen LogP contribution in [0.1, 0.15) is 11.3 Å². The van der Waals surface area contributed by atoms with Crippen molar-refractivity contribution in [2.24, 2.45) is 4.40 Å². The average molecular weight is 483 g/mol. The van der Waals surface area contributed by atoms with Gasteiger partial charge in [0.25, 0.3) is 0 Å². The minimum Gasteiger partial charge on any atom is -0.488 e. The number of amidine groups is 1. The molecule has 4 heterocycles. The number of ether oxygens (including phenoxy) is 3. The number of rotatable bonds is 3. The van der Waals surface area contributed by atoms with E-state index in [2.05, 4.69) is 9.38 Å². The molecule has 3 aliphatic rings. The Morgan fingerprint density at radius 2 is 1.85 bits per heavy atom. The Bertz CT molecular complexity index is 1470. The average Bonchev–Trinajstić information content (AvgIpc) is 3.52. The highest BCUT2D eigenvalue weighted by atomic mass is 32.2. The van der Waals surface area contributed by atoms with Gasteiger partial charge in [0.2, 0.25) is 12.6 Å². The summed E-state index contributed by atoms with van der Waals surface area (Å²) in [5, 5.41) is 1.50. The molecule has 0 unspecified atom stereocenters. The Morgan fingerprint density at radius 1 is 1.06 bits per heavy atom. The maximum Gasteiger partial charge on any atom is 0.364 e. The van der Waals surface area contributed by atoms with Crippen molar-refractivity contribution in [2.75, 3.05) is 24.4 Å². The van der Waals surface area contributed by atoms with Crippen LogP contribution in [0.3, 0.4) is 0 Å². The molecule has 1 saturated heterocycles.